The van der Waals surface area contributed by atoms with Crippen LogP contribution in [0.25, 0.3) is 17.1 Å². The van der Waals surface area contributed by atoms with Gasteiger partial charge < -0.3 is 10.2 Å². The van der Waals surface area contributed by atoms with E-state index in [4.69, 9.17) is 0 Å². The van der Waals surface area contributed by atoms with Crippen LogP contribution in [0, 0.1) is 0 Å². The van der Waals surface area contributed by atoms with Crippen LogP contribution in [0.4, 0.5) is 11.5 Å². The lowest BCUT2D eigenvalue weighted by atomic mass is 10.2. The summed E-state index contributed by atoms with van der Waals surface area (Å²) in [4.78, 5) is 23.3. The Morgan fingerprint density at radius 3 is 2.60 bits per heavy atom. The molecular formula is C23H22N6O. The Bertz CT molecular complexity index is 1190. The molecule has 0 aliphatic rings. The number of nitrogens with zero attached hydrogens (tertiary/aromatic N) is 5. The SMILES string of the molecule is CN(C)c1ccc(Cn2nccc2NC(=O)/C=C/c2cnc3ccccc3n2)cc1. The number of amides is 1. The minimum absolute atomic E-state index is 0.255. The molecule has 4 aromatic rings. The van der Waals surface area contributed by atoms with Crippen LogP contribution in [-0.4, -0.2) is 39.8 Å². The maximum absolute atomic E-state index is 12.4. The summed E-state index contributed by atoms with van der Waals surface area (Å²) in [6, 6.07) is 17.6. The van der Waals surface area contributed by atoms with E-state index in [-0.39, 0.29) is 5.91 Å². The third-order valence-electron chi connectivity index (χ3n) is 4.63. The van der Waals surface area contributed by atoms with Crippen LogP contribution in [0.2, 0.25) is 0 Å². The Balaban J connectivity index is 1.42. The standard InChI is InChI=1S/C23H22N6O/c1-28(2)19-10-7-17(8-11-19)16-29-22(13-14-25-29)27-23(30)12-9-18-15-24-20-5-3-4-6-21(20)26-18/h3-15H,16H2,1-2H3,(H,27,30)/b12-9+. The van der Waals surface area contributed by atoms with Crippen LogP contribution < -0.4 is 10.2 Å². The van der Waals surface area contributed by atoms with Crippen LogP contribution in [-0.2, 0) is 11.3 Å². The zero-order valence-electron chi connectivity index (χ0n) is 16.9. The number of nitrogens with one attached hydrogen (secondary N) is 1. The first-order valence-corrected chi connectivity index (χ1v) is 9.57. The largest absolute Gasteiger partial charge is 0.378 e. The Labute approximate surface area is 174 Å². The molecule has 0 saturated heterocycles. The molecule has 1 N–H and O–H groups in total. The fourth-order valence-corrected chi connectivity index (χ4v) is 3.02. The molecule has 0 atom stereocenters. The van der Waals surface area contributed by atoms with Gasteiger partial charge in [-0.1, -0.05) is 24.3 Å². The Hall–Kier alpha value is -4.00. The highest BCUT2D eigenvalue weighted by molar-refractivity contribution is 6.01. The summed E-state index contributed by atoms with van der Waals surface area (Å²) in [5.41, 5.74) is 4.47. The lowest BCUT2D eigenvalue weighted by Gasteiger charge is -2.13. The van der Waals surface area contributed by atoms with E-state index in [1.54, 1.807) is 29.2 Å². The van der Waals surface area contributed by atoms with Crippen molar-refractivity contribution in [3.05, 3.63) is 84.3 Å². The number of fused-ring (bicyclic) bond motifs is 1. The van der Waals surface area contributed by atoms with Crippen molar-refractivity contribution < 1.29 is 4.79 Å². The number of hydrogen-bond donors (Lipinski definition) is 1. The molecule has 0 radical (unpaired) electrons. The molecule has 0 saturated carbocycles. The van der Waals surface area contributed by atoms with Crippen molar-refractivity contribution in [2.75, 3.05) is 24.3 Å². The van der Waals surface area contributed by atoms with E-state index >= 15 is 0 Å². The van der Waals surface area contributed by atoms with Crippen molar-refractivity contribution >= 4 is 34.5 Å². The Morgan fingerprint density at radius 1 is 1.07 bits per heavy atom. The van der Waals surface area contributed by atoms with Crippen molar-refractivity contribution in [1.82, 2.24) is 19.7 Å². The van der Waals surface area contributed by atoms with Gasteiger partial charge in [0.25, 0.3) is 0 Å². The number of anilines is 2. The third kappa shape index (κ3) is 4.52. The number of aromatic nitrogens is 4. The minimum atomic E-state index is -0.255. The predicted octanol–water partition coefficient (Wildman–Crippen LogP) is 3.59. The second kappa shape index (κ2) is 8.57. The summed E-state index contributed by atoms with van der Waals surface area (Å²) in [6.07, 6.45) is 6.41. The minimum Gasteiger partial charge on any atom is -0.378 e. The number of carbonyl (C=O) groups is 1. The van der Waals surface area contributed by atoms with Crippen LogP contribution in [0.1, 0.15) is 11.3 Å². The van der Waals surface area contributed by atoms with Gasteiger partial charge in [-0.25, -0.2) is 9.67 Å². The van der Waals surface area contributed by atoms with Gasteiger partial charge in [-0.3, -0.25) is 9.78 Å². The molecule has 4 rings (SSSR count). The average molecular weight is 398 g/mol. The van der Waals surface area contributed by atoms with Gasteiger partial charge in [0.1, 0.15) is 5.82 Å². The molecule has 7 heteroatoms. The number of para-hydroxylation sites is 2. The maximum Gasteiger partial charge on any atom is 0.249 e. The van der Waals surface area contributed by atoms with Crippen LogP contribution in [0.15, 0.2) is 73.1 Å². The average Bonchev–Trinajstić information content (AvgIpc) is 3.19. The maximum atomic E-state index is 12.4. The fourth-order valence-electron chi connectivity index (χ4n) is 3.02. The number of hydrogen-bond acceptors (Lipinski definition) is 5. The summed E-state index contributed by atoms with van der Waals surface area (Å²) >= 11 is 0. The molecule has 30 heavy (non-hydrogen) atoms. The zero-order valence-corrected chi connectivity index (χ0v) is 16.9. The molecule has 150 valence electrons. The molecule has 2 aromatic carbocycles. The first-order chi connectivity index (χ1) is 14.6. The first kappa shape index (κ1) is 19.3. The highest BCUT2D eigenvalue weighted by Gasteiger charge is 2.07. The van der Waals surface area contributed by atoms with Gasteiger partial charge in [-0.15, -0.1) is 0 Å². The highest BCUT2D eigenvalue weighted by Crippen LogP contribution is 2.15. The van der Waals surface area contributed by atoms with Gasteiger partial charge in [-0.2, -0.15) is 5.10 Å². The van der Waals surface area contributed by atoms with Crippen LogP contribution >= 0.6 is 0 Å². The summed E-state index contributed by atoms with van der Waals surface area (Å²) in [5.74, 6) is 0.376. The second-order valence-electron chi connectivity index (χ2n) is 7.04. The van der Waals surface area contributed by atoms with E-state index in [9.17, 15) is 4.79 Å². The quantitative estimate of drug-likeness (QED) is 0.502. The number of rotatable bonds is 6. The van der Waals surface area contributed by atoms with Crippen molar-refractivity contribution in [3.8, 4) is 0 Å². The highest BCUT2D eigenvalue weighted by atomic mass is 16.1. The van der Waals surface area contributed by atoms with Gasteiger partial charge >= 0.3 is 0 Å². The molecule has 7 nitrogen and oxygen atoms in total. The third-order valence-corrected chi connectivity index (χ3v) is 4.63. The van der Waals surface area contributed by atoms with E-state index in [0.29, 0.717) is 18.1 Å². The van der Waals surface area contributed by atoms with Gasteiger partial charge in [-0.05, 0) is 35.9 Å². The molecule has 0 aliphatic heterocycles. The van der Waals surface area contributed by atoms with Crippen LogP contribution in [0.3, 0.4) is 0 Å². The monoisotopic (exact) mass is 398 g/mol. The Kier molecular flexibility index (Phi) is 5.52. The van der Waals surface area contributed by atoms with Gasteiger partial charge in [0, 0.05) is 31.9 Å². The predicted molar refractivity (Wildman–Crippen MR) is 119 cm³/mol. The number of carbonyl (C=O) groups excluding carboxylic acids is 1. The summed E-state index contributed by atoms with van der Waals surface area (Å²) < 4.78 is 1.76. The fraction of sp³-hybridized carbons (Fsp3) is 0.130. The second-order valence-corrected chi connectivity index (χ2v) is 7.04. The molecule has 0 aliphatic carbocycles. The van der Waals surface area contributed by atoms with E-state index < -0.39 is 0 Å². The van der Waals surface area contributed by atoms with Crippen molar-refractivity contribution in [2.24, 2.45) is 0 Å². The molecule has 0 unspecified atom stereocenters. The van der Waals surface area contributed by atoms with E-state index in [1.165, 1.54) is 6.08 Å². The zero-order chi connectivity index (χ0) is 20.9. The van der Waals surface area contributed by atoms with E-state index in [2.05, 4.69) is 49.5 Å². The first-order valence-electron chi connectivity index (χ1n) is 9.57. The van der Waals surface area contributed by atoms with E-state index in [1.807, 2.05) is 38.4 Å². The van der Waals surface area contributed by atoms with Crippen molar-refractivity contribution in [1.29, 1.82) is 0 Å². The lowest BCUT2D eigenvalue weighted by molar-refractivity contribution is -0.111. The van der Waals surface area contributed by atoms with Gasteiger partial charge in [0.05, 0.1) is 35.7 Å². The molecule has 0 bridgehead atoms. The van der Waals surface area contributed by atoms with Crippen molar-refractivity contribution in [3.63, 3.8) is 0 Å². The van der Waals surface area contributed by atoms with Gasteiger partial charge in [0.15, 0.2) is 0 Å². The van der Waals surface area contributed by atoms with Crippen LogP contribution in [0.5, 0.6) is 0 Å². The Morgan fingerprint density at radius 2 is 1.83 bits per heavy atom. The normalized spacial score (nSPS) is 11.1. The summed E-state index contributed by atoms with van der Waals surface area (Å²) in [7, 11) is 4.01. The molecular weight excluding hydrogens is 376 g/mol. The van der Waals surface area contributed by atoms with Gasteiger partial charge in [0.2, 0.25) is 5.91 Å². The summed E-state index contributed by atoms with van der Waals surface area (Å²) in [6.45, 7) is 0.566. The lowest BCUT2D eigenvalue weighted by Crippen LogP contribution is -2.14. The summed E-state index contributed by atoms with van der Waals surface area (Å²) in [5, 5.41) is 7.19. The topological polar surface area (TPSA) is 75.9 Å². The van der Waals surface area contributed by atoms with E-state index in [0.717, 1.165) is 22.3 Å². The number of benzene rings is 2. The molecule has 0 spiro atoms. The molecule has 2 aromatic heterocycles. The molecule has 0 fully saturated rings. The molecule has 1 amide bonds. The smallest absolute Gasteiger partial charge is 0.249 e. The molecule has 2 heterocycles. The van der Waals surface area contributed by atoms with Crippen molar-refractivity contribution in [2.45, 2.75) is 6.54 Å².